The monoisotopic (exact) mass is 231 g/mol. The molecule has 0 saturated carbocycles. The molecule has 0 aromatic carbocycles. The normalized spacial score (nSPS) is 10.8. The molecule has 0 fully saturated rings. The highest BCUT2D eigenvalue weighted by Gasteiger charge is 2.07. The van der Waals surface area contributed by atoms with Gasteiger partial charge in [-0.05, 0) is 14.0 Å². The Hall–Kier alpha value is -1.75. The highest BCUT2D eigenvalue weighted by molar-refractivity contribution is 5.23. The number of hydrogen-bond donors (Lipinski definition) is 1. The van der Waals surface area contributed by atoms with Crippen LogP contribution in [-0.2, 0) is 13.0 Å². The highest BCUT2D eigenvalue weighted by atomic mass is 15.2. The summed E-state index contributed by atoms with van der Waals surface area (Å²) in [7, 11) is 1.92. The SMILES string of the molecule is CCc1nccn1-c1ncc(CNC)c(C)n1. The Morgan fingerprint density at radius 2 is 2.18 bits per heavy atom. The first-order valence-electron chi connectivity index (χ1n) is 5.76. The van der Waals surface area contributed by atoms with Gasteiger partial charge in [0.05, 0.1) is 0 Å². The first kappa shape index (κ1) is 11.7. The van der Waals surface area contributed by atoms with Crippen molar-refractivity contribution in [2.24, 2.45) is 0 Å². The molecule has 2 aromatic heterocycles. The summed E-state index contributed by atoms with van der Waals surface area (Å²) in [5.41, 5.74) is 2.12. The molecule has 0 unspecified atom stereocenters. The molecule has 2 rings (SSSR count). The Balaban J connectivity index is 2.37. The molecule has 1 N–H and O–H groups in total. The molecule has 0 bridgehead atoms. The summed E-state index contributed by atoms with van der Waals surface area (Å²) in [6, 6.07) is 0. The Labute approximate surface area is 101 Å². The van der Waals surface area contributed by atoms with Crippen LogP contribution in [0, 0.1) is 6.92 Å². The minimum atomic E-state index is 0.691. The van der Waals surface area contributed by atoms with Gasteiger partial charge in [0.2, 0.25) is 5.95 Å². The van der Waals surface area contributed by atoms with Crippen LogP contribution in [0.25, 0.3) is 5.95 Å². The second kappa shape index (κ2) is 5.05. The van der Waals surface area contributed by atoms with Crippen LogP contribution < -0.4 is 5.32 Å². The molecule has 0 saturated heterocycles. The van der Waals surface area contributed by atoms with Crippen molar-refractivity contribution in [1.82, 2.24) is 24.8 Å². The fraction of sp³-hybridized carbons (Fsp3) is 0.417. The van der Waals surface area contributed by atoms with Gasteiger partial charge in [-0.25, -0.2) is 15.0 Å². The van der Waals surface area contributed by atoms with Crippen LogP contribution in [0.5, 0.6) is 0 Å². The predicted molar refractivity (Wildman–Crippen MR) is 66.0 cm³/mol. The van der Waals surface area contributed by atoms with Crippen molar-refractivity contribution in [3.8, 4) is 5.95 Å². The molecule has 5 heteroatoms. The quantitative estimate of drug-likeness (QED) is 0.860. The molecule has 5 nitrogen and oxygen atoms in total. The first-order valence-corrected chi connectivity index (χ1v) is 5.76. The van der Waals surface area contributed by atoms with Crippen LogP contribution in [0.3, 0.4) is 0 Å². The standard InChI is InChI=1S/C12H17N5/c1-4-11-14-5-6-17(11)12-15-8-10(7-13-3)9(2)16-12/h5-6,8,13H,4,7H2,1-3H3. The predicted octanol–water partition coefficient (Wildman–Crippen LogP) is 1.25. The van der Waals surface area contributed by atoms with Gasteiger partial charge in [-0.1, -0.05) is 6.92 Å². The van der Waals surface area contributed by atoms with Crippen molar-refractivity contribution in [3.63, 3.8) is 0 Å². The van der Waals surface area contributed by atoms with Gasteiger partial charge >= 0.3 is 0 Å². The molecule has 0 aliphatic carbocycles. The van der Waals surface area contributed by atoms with Crippen molar-refractivity contribution in [2.75, 3.05) is 7.05 Å². The summed E-state index contributed by atoms with van der Waals surface area (Å²) < 4.78 is 1.93. The zero-order valence-electron chi connectivity index (χ0n) is 10.4. The topological polar surface area (TPSA) is 55.6 Å². The Kier molecular flexibility index (Phi) is 3.49. The van der Waals surface area contributed by atoms with Gasteiger partial charge in [-0.3, -0.25) is 4.57 Å². The van der Waals surface area contributed by atoms with Crippen LogP contribution in [0.1, 0.15) is 24.0 Å². The molecule has 0 aliphatic heterocycles. The van der Waals surface area contributed by atoms with E-state index < -0.39 is 0 Å². The molecule has 0 aliphatic rings. The average molecular weight is 231 g/mol. The second-order valence-electron chi connectivity index (χ2n) is 3.88. The van der Waals surface area contributed by atoms with Gasteiger partial charge in [-0.15, -0.1) is 0 Å². The maximum absolute atomic E-state index is 4.51. The molecule has 2 aromatic rings. The second-order valence-corrected chi connectivity index (χ2v) is 3.88. The molecule has 2 heterocycles. The van der Waals surface area contributed by atoms with Gasteiger partial charge in [0, 0.05) is 42.8 Å². The lowest BCUT2D eigenvalue weighted by Gasteiger charge is -2.08. The Bertz CT molecular complexity index is 503. The van der Waals surface area contributed by atoms with E-state index in [9.17, 15) is 0 Å². The van der Waals surface area contributed by atoms with Crippen LogP contribution in [0.4, 0.5) is 0 Å². The third-order valence-electron chi connectivity index (χ3n) is 2.68. The largest absolute Gasteiger partial charge is 0.316 e. The summed E-state index contributed by atoms with van der Waals surface area (Å²) in [5.74, 6) is 1.67. The molecule has 0 spiro atoms. The third-order valence-corrected chi connectivity index (χ3v) is 2.68. The fourth-order valence-corrected chi connectivity index (χ4v) is 1.74. The van der Waals surface area contributed by atoms with Crippen molar-refractivity contribution in [2.45, 2.75) is 26.8 Å². The van der Waals surface area contributed by atoms with Gasteiger partial charge in [-0.2, -0.15) is 0 Å². The maximum Gasteiger partial charge on any atom is 0.235 e. The summed E-state index contributed by atoms with van der Waals surface area (Å²) in [6.45, 7) is 4.86. The smallest absolute Gasteiger partial charge is 0.235 e. The lowest BCUT2D eigenvalue weighted by molar-refractivity contribution is 0.776. The van der Waals surface area contributed by atoms with Crippen molar-refractivity contribution >= 4 is 0 Å². The molecule has 0 radical (unpaired) electrons. The van der Waals surface area contributed by atoms with Gasteiger partial charge in [0.1, 0.15) is 5.82 Å². The van der Waals surface area contributed by atoms with Crippen LogP contribution in [-0.4, -0.2) is 26.6 Å². The maximum atomic E-state index is 4.51. The molecule has 90 valence electrons. The average Bonchev–Trinajstić information content (AvgIpc) is 2.80. The van der Waals surface area contributed by atoms with E-state index in [1.165, 1.54) is 0 Å². The van der Waals surface area contributed by atoms with E-state index in [4.69, 9.17) is 0 Å². The van der Waals surface area contributed by atoms with E-state index in [1.54, 1.807) is 6.20 Å². The number of nitrogens with one attached hydrogen (secondary N) is 1. The minimum absolute atomic E-state index is 0.691. The van der Waals surface area contributed by atoms with E-state index in [-0.39, 0.29) is 0 Å². The van der Waals surface area contributed by atoms with Crippen molar-refractivity contribution < 1.29 is 0 Å². The van der Waals surface area contributed by atoms with Gasteiger partial charge in [0.25, 0.3) is 0 Å². The molecule has 17 heavy (non-hydrogen) atoms. The van der Waals surface area contributed by atoms with Gasteiger partial charge < -0.3 is 5.32 Å². The van der Waals surface area contributed by atoms with Gasteiger partial charge in [0.15, 0.2) is 0 Å². The summed E-state index contributed by atoms with van der Waals surface area (Å²) in [4.78, 5) is 13.2. The summed E-state index contributed by atoms with van der Waals surface area (Å²) in [5, 5.41) is 3.10. The molecular weight excluding hydrogens is 214 g/mol. The lowest BCUT2D eigenvalue weighted by atomic mass is 10.2. The van der Waals surface area contributed by atoms with Crippen LogP contribution in [0.2, 0.25) is 0 Å². The van der Waals surface area contributed by atoms with E-state index in [0.717, 1.165) is 30.0 Å². The lowest BCUT2D eigenvalue weighted by Crippen LogP contribution is -2.11. The fourth-order valence-electron chi connectivity index (χ4n) is 1.74. The van der Waals surface area contributed by atoms with Crippen molar-refractivity contribution in [3.05, 3.63) is 35.7 Å². The Morgan fingerprint density at radius 1 is 1.35 bits per heavy atom. The van der Waals surface area contributed by atoms with Crippen molar-refractivity contribution in [1.29, 1.82) is 0 Å². The van der Waals surface area contributed by atoms with E-state index in [1.807, 2.05) is 30.9 Å². The summed E-state index contributed by atoms with van der Waals surface area (Å²) in [6.07, 6.45) is 6.41. The number of rotatable bonds is 4. The zero-order valence-corrected chi connectivity index (χ0v) is 10.4. The number of hydrogen-bond acceptors (Lipinski definition) is 4. The molecule has 0 atom stereocenters. The van der Waals surface area contributed by atoms with E-state index in [0.29, 0.717) is 5.95 Å². The highest BCUT2D eigenvalue weighted by Crippen LogP contribution is 2.09. The van der Waals surface area contributed by atoms with E-state index in [2.05, 4.69) is 27.2 Å². The number of imidazole rings is 1. The minimum Gasteiger partial charge on any atom is -0.316 e. The van der Waals surface area contributed by atoms with Crippen LogP contribution in [0.15, 0.2) is 18.6 Å². The molecular formula is C12H17N5. The first-order chi connectivity index (χ1) is 8.26. The summed E-state index contributed by atoms with van der Waals surface area (Å²) >= 11 is 0. The van der Waals surface area contributed by atoms with Crippen LogP contribution >= 0.6 is 0 Å². The molecule has 0 amide bonds. The third kappa shape index (κ3) is 2.34. The number of nitrogens with zero attached hydrogens (tertiary/aromatic N) is 4. The Morgan fingerprint density at radius 3 is 2.82 bits per heavy atom. The number of aryl methyl sites for hydroxylation is 2. The number of aromatic nitrogens is 4. The zero-order chi connectivity index (χ0) is 12.3. The van der Waals surface area contributed by atoms with E-state index >= 15 is 0 Å².